The predicted molar refractivity (Wildman–Crippen MR) is 114 cm³/mol. The highest BCUT2D eigenvalue weighted by molar-refractivity contribution is 7.89. The molecule has 0 bridgehead atoms. The molecule has 1 saturated heterocycles. The molecule has 1 aliphatic rings. The topological polar surface area (TPSA) is 96.7 Å². The van der Waals surface area contributed by atoms with E-state index >= 15 is 0 Å². The molecule has 7 nitrogen and oxygen atoms in total. The summed E-state index contributed by atoms with van der Waals surface area (Å²) in [4.78, 5) is 24.9. The van der Waals surface area contributed by atoms with Gasteiger partial charge in [0.15, 0.2) is 0 Å². The molecule has 0 saturated carbocycles. The molecule has 1 amide bonds. The molecule has 1 N–H and O–H groups in total. The van der Waals surface area contributed by atoms with Gasteiger partial charge in [0.25, 0.3) is 5.91 Å². The maximum Gasteiger partial charge on any atom is 0.349 e. The summed E-state index contributed by atoms with van der Waals surface area (Å²) in [5, 5.41) is 3.26. The van der Waals surface area contributed by atoms with Crippen molar-refractivity contribution in [3.8, 4) is 0 Å². The summed E-state index contributed by atoms with van der Waals surface area (Å²) in [6, 6.07) is 14.4. The third kappa shape index (κ3) is 4.01. The first-order valence-corrected chi connectivity index (χ1v) is 11.2. The van der Waals surface area contributed by atoms with Crippen molar-refractivity contribution >= 4 is 32.6 Å². The first kappa shape index (κ1) is 20.3. The van der Waals surface area contributed by atoms with Crippen molar-refractivity contribution < 1.29 is 17.6 Å². The standard InChI is InChI=1S/C22H22N2O5S/c1-15-5-4-12-24(14-15)30(27,28)18-10-8-17(9-11-18)23-21(25)19-13-16-6-2-3-7-20(16)29-22(19)26/h2-3,6-11,13,15H,4-5,12,14H2,1H3,(H,23,25). The molecule has 8 heteroatoms. The Labute approximate surface area is 174 Å². The first-order chi connectivity index (χ1) is 14.3. The molecule has 3 aromatic rings. The summed E-state index contributed by atoms with van der Waals surface area (Å²) in [7, 11) is -3.57. The van der Waals surface area contributed by atoms with Crippen LogP contribution >= 0.6 is 0 Å². The summed E-state index contributed by atoms with van der Waals surface area (Å²) in [5.41, 5.74) is -0.0588. The van der Waals surface area contributed by atoms with Gasteiger partial charge >= 0.3 is 5.63 Å². The summed E-state index contributed by atoms with van der Waals surface area (Å²) >= 11 is 0. The predicted octanol–water partition coefficient (Wildman–Crippen LogP) is 3.47. The number of sulfonamides is 1. The van der Waals surface area contributed by atoms with Crippen LogP contribution < -0.4 is 10.9 Å². The number of nitrogens with one attached hydrogen (secondary N) is 1. The Kier molecular flexibility index (Phi) is 5.44. The number of carbonyl (C=O) groups is 1. The van der Waals surface area contributed by atoms with E-state index in [1.807, 2.05) is 6.92 Å². The Bertz CT molecular complexity index is 1250. The monoisotopic (exact) mass is 426 g/mol. The molecule has 1 aliphatic heterocycles. The molecule has 156 valence electrons. The van der Waals surface area contributed by atoms with E-state index < -0.39 is 21.6 Å². The molecular formula is C22H22N2O5S. The van der Waals surface area contributed by atoms with E-state index in [1.165, 1.54) is 34.6 Å². The number of piperidine rings is 1. The third-order valence-corrected chi connectivity index (χ3v) is 7.14. The Morgan fingerprint density at radius 2 is 1.87 bits per heavy atom. The average molecular weight is 426 g/mol. The van der Waals surface area contributed by atoms with Crippen LogP contribution in [0.15, 0.2) is 68.7 Å². The number of nitrogens with zero attached hydrogens (tertiary/aromatic N) is 1. The molecule has 2 aromatic carbocycles. The zero-order valence-corrected chi connectivity index (χ0v) is 17.3. The van der Waals surface area contributed by atoms with Crippen LogP contribution in [0.5, 0.6) is 0 Å². The van der Waals surface area contributed by atoms with Gasteiger partial charge in [-0.05, 0) is 55.2 Å². The number of para-hydroxylation sites is 1. The van der Waals surface area contributed by atoms with E-state index in [1.54, 1.807) is 24.3 Å². The van der Waals surface area contributed by atoms with Crippen molar-refractivity contribution in [3.63, 3.8) is 0 Å². The van der Waals surface area contributed by atoms with Crippen molar-refractivity contribution in [1.82, 2.24) is 4.31 Å². The quantitative estimate of drug-likeness (QED) is 0.645. The van der Waals surface area contributed by atoms with Crippen molar-refractivity contribution in [2.45, 2.75) is 24.7 Å². The second-order valence-electron chi connectivity index (χ2n) is 7.57. The van der Waals surface area contributed by atoms with E-state index in [0.29, 0.717) is 35.7 Å². The summed E-state index contributed by atoms with van der Waals surface area (Å²) < 4.78 is 32.4. The number of amides is 1. The summed E-state index contributed by atoms with van der Waals surface area (Å²) in [6.45, 7) is 3.07. The highest BCUT2D eigenvalue weighted by Crippen LogP contribution is 2.24. The number of carbonyl (C=O) groups excluding carboxylic acids is 1. The number of benzene rings is 2. The molecule has 4 rings (SSSR count). The molecule has 0 radical (unpaired) electrons. The molecule has 1 unspecified atom stereocenters. The van der Waals surface area contributed by atoms with Crippen molar-refractivity contribution in [1.29, 1.82) is 0 Å². The normalized spacial score (nSPS) is 17.7. The molecule has 1 fully saturated rings. The zero-order valence-electron chi connectivity index (χ0n) is 16.5. The first-order valence-electron chi connectivity index (χ1n) is 9.79. The number of hydrogen-bond acceptors (Lipinski definition) is 5. The Balaban J connectivity index is 1.53. The number of fused-ring (bicyclic) bond motifs is 1. The summed E-state index contributed by atoms with van der Waals surface area (Å²) in [5.74, 6) is -0.282. The molecule has 1 atom stereocenters. The lowest BCUT2D eigenvalue weighted by molar-refractivity contribution is 0.102. The Morgan fingerprint density at radius 1 is 1.13 bits per heavy atom. The zero-order chi connectivity index (χ0) is 21.3. The lowest BCUT2D eigenvalue weighted by Gasteiger charge is -2.30. The molecule has 2 heterocycles. The third-order valence-electron chi connectivity index (χ3n) is 5.26. The van der Waals surface area contributed by atoms with Crippen molar-refractivity contribution in [2.24, 2.45) is 5.92 Å². The highest BCUT2D eigenvalue weighted by atomic mass is 32.2. The minimum Gasteiger partial charge on any atom is -0.422 e. The Morgan fingerprint density at radius 3 is 2.60 bits per heavy atom. The second-order valence-corrected chi connectivity index (χ2v) is 9.51. The minimum atomic E-state index is -3.57. The minimum absolute atomic E-state index is 0.118. The van der Waals surface area contributed by atoms with Crippen LogP contribution in [0.1, 0.15) is 30.1 Å². The van der Waals surface area contributed by atoms with Crippen LogP contribution in [0.3, 0.4) is 0 Å². The summed E-state index contributed by atoms with van der Waals surface area (Å²) in [6.07, 6.45) is 1.88. The van der Waals surface area contributed by atoms with Crippen LogP contribution in [-0.2, 0) is 10.0 Å². The van der Waals surface area contributed by atoms with E-state index in [-0.39, 0.29) is 10.5 Å². The number of anilines is 1. The molecular weight excluding hydrogens is 404 g/mol. The second kappa shape index (κ2) is 8.04. The van der Waals surface area contributed by atoms with Gasteiger partial charge in [-0.3, -0.25) is 4.79 Å². The van der Waals surface area contributed by atoms with E-state index in [2.05, 4.69) is 5.32 Å². The van der Waals surface area contributed by atoms with Crippen LogP contribution in [0.2, 0.25) is 0 Å². The van der Waals surface area contributed by atoms with Crippen LogP contribution in [0.4, 0.5) is 5.69 Å². The number of hydrogen-bond donors (Lipinski definition) is 1. The van der Waals surface area contributed by atoms with Gasteiger partial charge in [-0.1, -0.05) is 25.1 Å². The Hall–Kier alpha value is -2.97. The van der Waals surface area contributed by atoms with Crippen LogP contribution in [-0.4, -0.2) is 31.7 Å². The van der Waals surface area contributed by atoms with Crippen LogP contribution in [0, 0.1) is 5.92 Å². The van der Waals surface area contributed by atoms with E-state index in [9.17, 15) is 18.0 Å². The van der Waals surface area contributed by atoms with E-state index in [4.69, 9.17) is 4.42 Å². The fraction of sp³-hybridized carbons (Fsp3) is 0.273. The van der Waals surface area contributed by atoms with Gasteiger partial charge in [-0.25, -0.2) is 13.2 Å². The van der Waals surface area contributed by atoms with Gasteiger partial charge in [0.05, 0.1) is 4.90 Å². The van der Waals surface area contributed by atoms with Gasteiger partial charge < -0.3 is 9.73 Å². The largest absolute Gasteiger partial charge is 0.422 e. The van der Waals surface area contributed by atoms with Crippen molar-refractivity contribution in [3.05, 3.63) is 70.6 Å². The number of rotatable bonds is 4. The van der Waals surface area contributed by atoms with Gasteiger partial charge in [-0.2, -0.15) is 4.31 Å². The SMILES string of the molecule is CC1CCCN(S(=O)(=O)c2ccc(NC(=O)c3cc4ccccc4oc3=O)cc2)C1. The van der Waals surface area contributed by atoms with Gasteiger partial charge in [-0.15, -0.1) is 0 Å². The van der Waals surface area contributed by atoms with Gasteiger partial charge in [0.2, 0.25) is 10.0 Å². The molecule has 30 heavy (non-hydrogen) atoms. The molecule has 1 aromatic heterocycles. The fourth-order valence-electron chi connectivity index (χ4n) is 3.64. The lowest BCUT2D eigenvalue weighted by atomic mass is 10.0. The smallest absolute Gasteiger partial charge is 0.349 e. The van der Waals surface area contributed by atoms with Gasteiger partial charge in [0, 0.05) is 24.2 Å². The van der Waals surface area contributed by atoms with Crippen molar-refractivity contribution in [2.75, 3.05) is 18.4 Å². The molecule has 0 spiro atoms. The fourth-order valence-corrected chi connectivity index (χ4v) is 5.24. The van der Waals surface area contributed by atoms with E-state index in [0.717, 1.165) is 12.8 Å². The average Bonchev–Trinajstić information content (AvgIpc) is 2.73. The van der Waals surface area contributed by atoms with Gasteiger partial charge in [0.1, 0.15) is 11.1 Å². The maximum atomic E-state index is 12.8. The highest BCUT2D eigenvalue weighted by Gasteiger charge is 2.28. The lowest BCUT2D eigenvalue weighted by Crippen LogP contribution is -2.39. The maximum absolute atomic E-state index is 12.8. The van der Waals surface area contributed by atoms with Crippen LogP contribution in [0.25, 0.3) is 11.0 Å². The molecule has 0 aliphatic carbocycles.